The second-order valence-electron chi connectivity index (χ2n) is 9.08. The van der Waals surface area contributed by atoms with Crippen LogP contribution in [0.4, 0.5) is 10.5 Å². The molecule has 2 atom stereocenters. The number of anilines is 1. The monoisotopic (exact) mass is 506 g/mol. The molecule has 2 aromatic heterocycles. The van der Waals surface area contributed by atoms with Gasteiger partial charge in [-0.2, -0.15) is 0 Å². The number of benzene rings is 1. The van der Waals surface area contributed by atoms with E-state index in [-0.39, 0.29) is 19.1 Å². The highest BCUT2D eigenvalue weighted by Crippen LogP contribution is 2.32. The van der Waals surface area contributed by atoms with E-state index in [2.05, 4.69) is 25.9 Å². The molecule has 1 fully saturated rings. The van der Waals surface area contributed by atoms with Gasteiger partial charge in [-0.15, -0.1) is 5.10 Å². The van der Waals surface area contributed by atoms with Crippen molar-refractivity contribution in [2.45, 2.75) is 45.8 Å². The lowest BCUT2D eigenvalue weighted by Crippen LogP contribution is -2.36. The third kappa shape index (κ3) is 6.29. The first-order chi connectivity index (χ1) is 17.8. The van der Waals surface area contributed by atoms with E-state index < -0.39 is 23.9 Å². The number of hydrogen-bond donors (Lipinski definition) is 3. The maximum Gasteiger partial charge on any atom is 0.407 e. The van der Waals surface area contributed by atoms with E-state index >= 15 is 0 Å². The molecular formula is C26H30N6O5. The van der Waals surface area contributed by atoms with Crippen LogP contribution in [0.3, 0.4) is 0 Å². The number of amides is 2. The van der Waals surface area contributed by atoms with Gasteiger partial charge in [-0.05, 0) is 37.5 Å². The minimum Gasteiger partial charge on any atom is -0.481 e. The van der Waals surface area contributed by atoms with Crippen LogP contribution >= 0.6 is 0 Å². The highest BCUT2D eigenvalue weighted by Gasteiger charge is 2.35. The van der Waals surface area contributed by atoms with Crippen LogP contribution in [0.2, 0.25) is 0 Å². The van der Waals surface area contributed by atoms with Crippen LogP contribution in [-0.4, -0.2) is 43.1 Å². The van der Waals surface area contributed by atoms with E-state index in [0.717, 1.165) is 18.4 Å². The number of alkyl carbamates (subject to hydrolysis) is 1. The first-order valence-corrected chi connectivity index (χ1v) is 12.2. The number of carbonyl (C=O) groups excluding carboxylic acids is 2. The SMILES string of the molecule is Cc1nc(-c2nnn(C)c2CNC(=O)OCc2ccccc2)ccc1NC(=O)[C@H]1CCCC[C@@H]1C(=O)O. The molecule has 0 unspecified atom stereocenters. The second kappa shape index (κ2) is 11.6. The molecule has 1 aromatic carbocycles. The smallest absolute Gasteiger partial charge is 0.407 e. The van der Waals surface area contributed by atoms with Gasteiger partial charge in [0.1, 0.15) is 12.3 Å². The maximum atomic E-state index is 12.9. The fraction of sp³-hybridized carbons (Fsp3) is 0.385. The number of carboxylic acids is 1. The number of nitrogens with one attached hydrogen (secondary N) is 2. The Bertz CT molecular complexity index is 1280. The summed E-state index contributed by atoms with van der Waals surface area (Å²) in [5.41, 5.74) is 3.60. The minimum absolute atomic E-state index is 0.129. The molecule has 1 aliphatic rings. The van der Waals surface area contributed by atoms with Crippen LogP contribution in [0.5, 0.6) is 0 Å². The average Bonchev–Trinajstić information content (AvgIpc) is 3.27. The number of aliphatic carboxylic acids is 1. The molecule has 2 amide bonds. The summed E-state index contributed by atoms with van der Waals surface area (Å²) in [7, 11) is 1.72. The molecule has 0 saturated heterocycles. The predicted molar refractivity (Wildman–Crippen MR) is 134 cm³/mol. The number of hydrogen-bond acceptors (Lipinski definition) is 7. The van der Waals surface area contributed by atoms with Crippen molar-refractivity contribution in [3.63, 3.8) is 0 Å². The molecule has 1 saturated carbocycles. The molecule has 2 heterocycles. The first kappa shape index (κ1) is 25.8. The zero-order valence-electron chi connectivity index (χ0n) is 20.8. The van der Waals surface area contributed by atoms with Crippen molar-refractivity contribution in [3.8, 4) is 11.4 Å². The summed E-state index contributed by atoms with van der Waals surface area (Å²) in [5.74, 6) is -2.47. The molecule has 0 bridgehead atoms. The Morgan fingerprint density at radius 1 is 1.08 bits per heavy atom. The fourth-order valence-corrected chi connectivity index (χ4v) is 4.49. The number of carbonyl (C=O) groups is 3. The standard InChI is InChI=1S/C26H30N6O5/c1-16-20(29-24(33)18-10-6-7-11-19(18)25(34)35)12-13-21(28-16)23-22(32(2)31-30-23)14-27-26(36)37-15-17-8-4-3-5-9-17/h3-5,8-9,12-13,18-19H,6-7,10-11,14-15H2,1-2H3,(H,27,36)(H,29,33)(H,34,35)/t18-,19-/m0/s1. The molecule has 0 aliphatic heterocycles. The lowest BCUT2D eigenvalue weighted by atomic mass is 9.78. The topological polar surface area (TPSA) is 148 Å². The van der Waals surface area contributed by atoms with E-state index in [1.54, 1.807) is 30.8 Å². The number of rotatable bonds is 8. The molecule has 11 heteroatoms. The largest absolute Gasteiger partial charge is 0.481 e. The van der Waals surface area contributed by atoms with E-state index in [1.807, 2.05) is 30.3 Å². The Balaban J connectivity index is 1.41. The van der Waals surface area contributed by atoms with Crippen molar-refractivity contribution in [2.24, 2.45) is 18.9 Å². The zero-order valence-corrected chi connectivity index (χ0v) is 20.8. The van der Waals surface area contributed by atoms with Crippen molar-refractivity contribution >= 4 is 23.7 Å². The van der Waals surface area contributed by atoms with Crippen molar-refractivity contribution in [2.75, 3.05) is 5.32 Å². The van der Waals surface area contributed by atoms with Crippen LogP contribution in [0.1, 0.15) is 42.6 Å². The molecular weight excluding hydrogens is 476 g/mol. The molecule has 194 valence electrons. The Morgan fingerprint density at radius 3 is 2.51 bits per heavy atom. The van der Waals surface area contributed by atoms with Crippen LogP contribution < -0.4 is 10.6 Å². The number of pyridine rings is 1. The molecule has 1 aliphatic carbocycles. The molecule has 3 aromatic rings. The highest BCUT2D eigenvalue weighted by atomic mass is 16.5. The van der Waals surface area contributed by atoms with Gasteiger partial charge in [0, 0.05) is 7.05 Å². The maximum absolute atomic E-state index is 12.9. The second-order valence-corrected chi connectivity index (χ2v) is 9.08. The lowest BCUT2D eigenvalue weighted by Gasteiger charge is -2.27. The van der Waals surface area contributed by atoms with Crippen LogP contribution in [0, 0.1) is 18.8 Å². The lowest BCUT2D eigenvalue weighted by molar-refractivity contribution is -0.147. The van der Waals surface area contributed by atoms with Gasteiger partial charge in [-0.3, -0.25) is 9.59 Å². The van der Waals surface area contributed by atoms with Crippen LogP contribution in [0.25, 0.3) is 11.4 Å². The molecule has 0 spiro atoms. The van der Waals surface area contributed by atoms with E-state index in [4.69, 9.17) is 4.74 Å². The summed E-state index contributed by atoms with van der Waals surface area (Å²) in [6.45, 7) is 2.04. The third-order valence-corrected chi connectivity index (χ3v) is 6.56. The summed E-state index contributed by atoms with van der Waals surface area (Å²) in [5, 5.41) is 23.3. The summed E-state index contributed by atoms with van der Waals surface area (Å²) >= 11 is 0. The Hall–Kier alpha value is -4.28. The fourth-order valence-electron chi connectivity index (χ4n) is 4.49. The average molecular weight is 507 g/mol. The molecule has 3 N–H and O–H groups in total. The normalized spacial score (nSPS) is 17.1. The van der Waals surface area contributed by atoms with Crippen molar-refractivity contribution < 1.29 is 24.2 Å². The summed E-state index contributed by atoms with van der Waals surface area (Å²) in [6.07, 6.45) is 2.14. The quantitative estimate of drug-likeness (QED) is 0.421. The first-order valence-electron chi connectivity index (χ1n) is 12.2. The van der Waals surface area contributed by atoms with E-state index in [1.165, 1.54) is 0 Å². The van der Waals surface area contributed by atoms with Crippen molar-refractivity contribution in [1.29, 1.82) is 0 Å². The van der Waals surface area contributed by atoms with Gasteiger partial charge in [0.15, 0.2) is 0 Å². The number of nitrogens with zero attached hydrogens (tertiary/aromatic N) is 4. The predicted octanol–water partition coefficient (Wildman–Crippen LogP) is 3.44. The van der Waals surface area contributed by atoms with Crippen molar-refractivity contribution in [3.05, 3.63) is 59.4 Å². The van der Waals surface area contributed by atoms with Gasteiger partial charge >= 0.3 is 12.1 Å². The molecule has 0 radical (unpaired) electrons. The van der Waals surface area contributed by atoms with Crippen molar-refractivity contribution in [1.82, 2.24) is 25.3 Å². The van der Waals surface area contributed by atoms with Crippen LogP contribution in [-0.2, 0) is 34.5 Å². The van der Waals surface area contributed by atoms with Gasteiger partial charge in [-0.1, -0.05) is 48.4 Å². The number of aromatic nitrogens is 4. The molecule has 37 heavy (non-hydrogen) atoms. The number of aryl methyl sites for hydroxylation is 2. The summed E-state index contributed by atoms with van der Waals surface area (Å²) < 4.78 is 6.81. The number of carboxylic acid groups (broad SMARTS) is 1. The Kier molecular flexibility index (Phi) is 8.11. The van der Waals surface area contributed by atoms with Gasteiger partial charge < -0.3 is 20.5 Å². The summed E-state index contributed by atoms with van der Waals surface area (Å²) in [4.78, 5) is 41.2. The molecule has 4 rings (SSSR count). The Labute approximate surface area is 214 Å². The minimum atomic E-state index is -0.933. The highest BCUT2D eigenvalue weighted by molar-refractivity contribution is 5.95. The number of ether oxygens (including phenoxy) is 1. The third-order valence-electron chi connectivity index (χ3n) is 6.56. The van der Waals surface area contributed by atoms with E-state index in [9.17, 15) is 19.5 Å². The van der Waals surface area contributed by atoms with E-state index in [0.29, 0.717) is 41.3 Å². The van der Waals surface area contributed by atoms with Gasteiger partial charge in [0.2, 0.25) is 5.91 Å². The van der Waals surface area contributed by atoms with Gasteiger partial charge in [0.05, 0.1) is 41.1 Å². The summed E-state index contributed by atoms with van der Waals surface area (Å²) in [6, 6.07) is 12.8. The van der Waals surface area contributed by atoms with Crippen LogP contribution in [0.15, 0.2) is 42.5 Å². The Morgan fingerprint density at radius 2 is 1.81 bits per heavy atom. The zero-order chi connectivity index (χ0) is 26.4. The molecule has 11 nitrogen and oxygen atoms in total. The van der Waals surface area contributed by atoms with Gasteiger partial charge in [0.25, 0.3) is 0 Å². The van der Waals surface area contributed by atoms with Gasteiger partial charge in [-0.25, -0.2) is 14.5 Å².